The van der Waals surface area contributed by atoms with E-state index >= 15 is 0 Å². The maximum Gasteiger partial charge on any atom is 0.236 e. The Morgan fingerprint density at radius 2 is 1.11 bits per heavy atom. The molecule has 3 saturated heterocycles. The summed E-state index contributed by atoms with van der Waals surface area (Å²) in [6, 6.07) is 1.56. The summed E-state index contributed by atoms with van der Waals surface area (Å²) in [5.41, 5.74) is 0. The minimum absolute atomic E-state index is 0.372. The van der Waals surface area contributed by atoms with Crippen molar-refractivity contribution in [2.24, 2.45) is 0 Å². The highest BCUT2D eigenvalue weighted by Gasteiger charge is 2.29. The molecule has 0 spiro atoms. The smallest absolute Gasteiger partial charge is 0.236 e. The van der Waals surface area contributed by atoms with Gasteiger partial charge in [-0.1, -0.05) is 32.1 Å². The van der Waals surface area contributed by atoms with E-state index in [1.54, 1.807) is 0 Å². The second-order valence-electron chi connectivity index (χ2n) is 9.67. The predicted octanol–water partition coefficient (Wildman–Crippen LogP) is 2.80. The molecule has 3 heterocycles. The lowest BCUT2D eigenvalue weighted by atomic mass is 9.94. The normalized spacial score (nSPS) is 28.4. The fourth-order valence-corrected chi connectivity index (χ4v) is 5.98. The van der Waals surface area contributed by atoms with Crippen LogP contribution < -0.4 is 0 Å². The topological polar surface area (TPSA) is 30.0 Å². The van der Waals surface area contributed by atoms with Crippen LogP contribution in [-0.4, -0.2) is 96.5 Å². The van der Waals surface area contributed by atoms with Crippen molar-refractivity contribution in [3.8, 4) is 0 Å². The second-order valence-corrected chi connectivity index (χ2v) is 9.67. The van der Waals surface area contributed by atoms with Crippen molar-refractivity contribution in [2.75, 3.05) is 58.9 Å². The molecule has 5 heteroatoms. The number of carbonyl (C=O) groups excluding carboxylic acids is 1. The zero-order valence-corrected chi connectivity index (χ0v) is 18.0. The fraction of sp³-hybridized carbons (Fsp3) is 0.957. The molecular weight excluding hydrogens is 348 g/mol. The second kappa shape index (κ2) is 10.4. The minimum Gasteiger partial charge on any atom is -0.339 e. The summed E-state index contributed by atoms with van der Waals surface area (Å²) in [5, 5.41) is 0. The van der Waals surface area contributed by atoms with Crippen LogP contribution in [0.5, 0.6) is 0 Å². The molecule has 1 amide bonds. The number of likely N-dealkylation sites (tertiary alicyclic amines) is 2. The van der Waals surface area contributed by atoms with Crippen LogP contribution in [0, 0.1) is 0 Å². The molecule has 4 fully saturated rings. The molecule has 4 aliphatic rings. The molecule has 0 aromatic carbocycles. The Hall–Kier alpha value is -0.650. The van der Waals surface area contributed by atoms with Gasteiger partial charge in [0.15, 0.2) is 0 Å². The van der Waals surface area contributed by atoms with E-state index in [-0.39, 0.29) is 0 Å². The third-order valence-corrected chi connectivity index (χ3v) is 7.83. The first-order valence-corrected chi connectivity index (χ1v) is 12.3. The van der Waals surface area contributed by atoms with E-state index in [0.717, 1.165) is 51.4 Å². The van der Waals surface area contributed by atoms with Gasteiger partial charge in [-0.05, 0) is 51.6 Å². The van der Waals surface area contributed by atoms with Crippen molar-refractivity contribution < 1.29 is 4.79 Å². The van der Waals surface area contributed by atoms with Crippen molar-refractivity contribution >= 4 is 5.91 Å². The number of hydrogen-bond acceptors (Lipinski definition) is 4. The largest absolute Gasteiger partial charge is 0.339 e. The van der Waals surface area contributed by atoms with Crippen LogP contribution in [0.2, 0.25) is 0 Å². The average molecular weight is 391 g/mol. The summed E-state index contributed by atoms with van der Waals surface area (Å²) < 4.78 is 0. The summed E-state index contributed by atoms with van der Waals surface area (Å²) in [6.07, 6.45) is 15.1. The van der Waals surface area contributed by atoms with Crippen LogP contribution in [0.3, 0.4) is 0 Å². The number of amides is 1. The third kappa shape index (κ3) is 5.48. The van der Waals surface area contributed by atoms with E-state index in [9.17, 15) is 4.79 Å². The molecule has 0 N–H and O–H groups in total. The first-order chi connectivity index (χ1) is 13.8. The van der Waals surface area contributed by atoms with Gasteiger partial charge >= 0.3 is 0 Å². The number of nitrogens with zero attached hydrogens (tertiary/aromatic N) is 4. The molecule has 1 saturated carbocycles. The molecule has 0 aromatic rings. The highest BCUT2D eigenvalue weighted by molar-refractivity contribution is 5.78. The Morgan fingerprint density at radius 1 is 0.571 bits per heavy atom. The Bertz CT molecular complexity index is 469. The highest BCUT2D eigenvalue weighted by Crippen LogP contribution is 2.24. The van der Waals surface area contributed by atoms with Crippen molar-refractivity contribution in [3.63, 3.8) is 0 Å². The molecule has 0 aromatic heterocycles. The van der Waals surface area contributed by atoms with E-state index < -0.39 is 0 Å². The number of hydrogen-bond donors (Lipinski definition) is 0. The van der Waals surface area contributed by atoms with Crippen molar-refractivity contribution in [2.45, 2.75) is 82.7 Å². The van der Waals surface area contributed by atoms with E-state index in [0.29, 0.717) is 12.5 Å². The molecule has 0 radical (unpaired) electrons. The molecule has 4 rings (SSSR count). The molecule has 28 heavy (non-hydrogen) atoms. The molecule has 160 valence electrons. The van der Waals surface area contributed by atoms with E-state index in [4.69, 9.17) is 0 Å². The lowest BCUT2D eigenvalue weighted by molar-refractivity contribution is -0.135. The van der Waals surface area contributed by atoms with Crippen molar-refractivity contribution in [1.82, 2.24) is 19.6 Å². The van der Waals surface area contributed by atoms with Crippen molar-refractivity contribution in [1.29, 1.82) is 0 Å². The molecular formula is C23H42N4O. The minimum atomic E-state index is 0.372. The number of piperazine rings is 1. The maximum atomic E-state index is 12.8. The standard InChI is InChI=1S/C23H42N4O/c28-23(27-18-16-26(17-19-27)21-8-4-3-5-9-21)20-24-14-10-22(11-15-24)25-12-6-1-2-7-13-25/h21-22H,1-20H2. The van der Waals surface area contributed by atoms with Gasteiger partial charge in [-0.3, -0.25) is 14.6 Å². The first kappa shape index (κ1) is 20.6. The van der Waals surface area contributed by atoms with E-state index in [1.807, 2.05) is 0 Å². The van der Waals surface area contributed by atoms with Crippen LogP contribution in [0.4, 0.5) is 0 Å². The molecule has 3 aliphatic heterocycles. The zero-order chi connectivity index (χ0) is 19.2. The Labute approximate surface area is 172 Å². The number of carbonyl (C=O) groups is 1. The molecule has 5 nitrogen and oxygen atoms in total. The number of rotatable bonds is 4. The first-order valence-electron chi connectivity index (χ1n) is 12.3. The summed E-state index contributed by atoms with van der Waals surface area (Å²) in [5.74, 6) is 0.372. The van der Waals surface area contributed by atoms with Gasteiger partial charge in [-0.15, -0.1) is 0 Å². The highest BCUT2D eigenvalue weighted by atomic mass is 16.2. The van der Waals surface area contributed by atoms with Gasteiger partial charge in [0, 0.05) is 51.4 Å². The van der Waals surface area contributed by atoms with E-state index in [2.05, 4.69) is 19.6 Å². The third-order valence-electron chi connectivity index (χ3n) is 7.83. The molecule has 0 atom stereocenters. The van der Waals surface area contributed by atoms with Gasteiger partial charge in [0.2, 0.25) is 5.91 Å². The summed E-state index contributed by atoms with van der Waals surface area (Å²) in [7, 11) is 0. The monoisotopic (exact) mass is 390 g/mol. The summed E-state index contributed by atoms with van der Waals surface area (Å²) >= 11 is 0. The fourth-order valence-electron chi connectivity index (χ4n) is 5.98. The van der Waals surface area contributed by atoms with Crippen LogP contribution >= 0.6 is 0 Å². The maximum absolute atomic E-state index is 12.8. The van der Waals surface area contributed by atoms with Crippen LogP contribution in [0.15, 0.2) is 0 Å². The number of piperidine rings is 1. The van der Waals surface area contributed by atoms with Crippen molar-refractivity contribution in [3.05, 3.63) is 0 Å². The lowest BCUT2D eigenvalue weighted by Gasteiger charge is -2.42. The van der Waals surface area contributed by atoms with Crippen LogP contribution in [0.1, 0.15) is 70.6 Å². The van der Waals surface area contributed by atoms with Gasteiger partial charge < -0.3 is 9.80 Å². The molecule has 0 unspecified atom stereocenters. The average Bonchev–Trinajstić information content (AvgIpc) is 3.05. The lowest BCUT2D eigenvalue weighted by Crippen LogP contribution is -2.54. The Balaban J connectivity index is 1.16. The van der Waals surface area contributed by atoms with E-state index in [1.165, 1.54) is 83.7 Å². The SMILES string of the molecule is O=C(CN1CCC(N2CCCCCC2)CC1)N1CCN(C2CCCCC2)CC1. The predicted molar refractivity (Wildman–Crippen MR) is 115 cm³/mol. The zero-order valence-electron chi connectivity index (χ0n) is 18.0. The van der Waals surface area contributed by atoms with Gasteiger partial charge in [0.05, 0.1) is 6.54 Å². The summed E-state index contributed by atoms with van der Waals surface area (Å²) in [6.45, 7) is 9.53. The summed E-state index contributed by atoms with van der Waals surface area (Å²) in [4.78, 5) is 22.8. The molecule has 1 aliphatic carbocycles. The van der Waals surface area contributed by atoms with Gasteiger partial charge in [0.25, 0.3) is 0 Å². The quantitative estimate of drug-likeness (QED) is 0.738. The Morgan fingerprint density at radius 3 is 1.75 bits per heavy atom. The van der Waals surface area contributed by atoms with Crippen LogP contribution in [0.25, 0.3) is 0 Å². The van der Waals surface area contributed by atoms with Gasteiger partial charge in [-0.2, -0.15) is 0 Å². The van der Waals surface area contributed by atoms with Crippen LogP contribution in [-0.2, 0) is 4.79 Å². The molecule has 0 bridgehead atoms. The Kier molecular flexibility index (Phi) is 7.66. The van der Waals surface area contributed by atoms with Gasteiger partial charge in [0.1, 0.15) is 0 Å². The van der Waals surface area contributed by atoms with Gasteiger partial charge in [-0.25, -0.2) is 0 Å².